The van der Waals surface area contributed by atoms with E-state index in [2.05, 4.69) is 43.0 Å². The zero-order valence-corrected chi connectivity index (χ0v) is 11.1. The van der Waals surface area contributed by atoms with Crippen LogP contribution in [0.25, 0.3) is 0 Å². The quantitative estimate of drug-likeness (QED) is 0.829. The summed E-state index contributed by atoms with van der Waals surface area (Å²) in [4.78, 5) is 9.18. The minimum atomic E-state index is 0.461. The molecule has 90 valence electrons. The molecule has 0 saturated carbocycles. The molecule has 1 rings (SSSR count). The molecule has 1 N–H and O–H groups in total. The predicted molar refractivity (Wildman–Crippen MR) is 69.0 cm³/mol. The molecular weight excluding hydrogens is 198 g/mol. The molecule has 0 radical (unpaired) electrons. The first-order chi connectivity index (χ1) is 7.60. The summed E-state index contributed by atoms with van der Waals surface area (Å²) in [6.07, 6.45) is 3.32. The minimum absolute atomic E-state index is 0.461. The fourth-order valence-corrected chi connectivity index (χ4v) is 1.97. The highest BCUT2D eigenvalue weighted by atomic mass is 15.0. The Bertz CT molecular complexity index is 345. The van der Waals surface area contributed by atoms with Gasteiger partial charge in [-0.15, -0.1) is 0 Å². The highest BCUT2D eigenvalue weighted by Gasteiger charge is 2.13. The van der Waals surface area contributed by atoms with Gasteiger partial charge in [0.2, 0.25) is 0 Å². The first kappa shape index (κ1) is 12.9. The number of hydrogen-bond acceptors (Lipinski definition) is 3. The van der Waals surface area contributed by atoms with Crippen molar-refractivity contribution in [3.8, 4) is 0 Å². The van der Waals surface area contributed by atoms with E-state index >= 15 is 0 Å². The number of aryl methyl sites for hydroxylation is 2. The summed E-state index contributed by atoms with van der Waals surface area (Å²) in [5.41, 5.74) is 2.35. The van der Waals surface area contributed by atoms with Crippen LogP contribution in [0.3, 0.4) is 0 Å². The van der Waals surface area contributed by atoms with Gasteiger partial charge in [-0.05, 0) is 19.3 Å². The second-order valence-electron chi connectivity index (χ2n) is 4.50. The summed E-state index contributed by atoms with van der Waals surface area (Å²) in [6, 6.07) is 0. The summed E-state index contributed by atoms with van der Waals surface area (Å²) < 4.78 is 0. The molecule has 0 atom stereocenters. The van der Waals surface area contributed by atoms with Gasteiger partial charge in [-0.1, -0.05) is 27.2 Å². The van der Waals surface area contributed by atoms with Gasteiger partial charge in [0, 0.05) is 24.7 Å². The average Bonchev–Trinajstić information content (AvgIpc) is 2.24. The summed E-state index contributed by atoms with van der Waals surface area (Å²) in [7, 11) is 1.93. The van der Waals surface area contributed by atoms with Crippen LogP contribution in [0.2, 0.25) is 0 Å². The van der Waals surface area contributed by atoms with Crippen LogP contribution in [0, 0.1) is 6.92 Å². The zero-order valence-electron chi connectivity index (χ0n) is 11.1. The third kappa shape index (κ3) is 2.94. The van der Waals surface area contributed by atoms with Crippen molar-refractivity contribution in [3.05, 3.63) is 17.1 Å². The van der Waals surface area contributed by atoms with Crippen molar-refractivity contribution in [3.63, 3.8) is 0 Å². The van der Waals surface area contributed by atoms with Crippen molar-refractivity contribution in [1.29, 1.82) is 0 Å². The van der Waals surface area contributed by atoms with Gasteiger partial charge in [0.15, 0.2) is 0 Å². The standard InChI is InChI=1S/C13H23N3/c1-6-7-8-11-15-10(4)12(9(2)3)13(14-5)16-11/h9H,6-8H2,1-5H3,(H,14,15,16). The topological polar surface area (TPSA) is 37.8 Å². The Morgan fingerprint density at radius 1 is 1.25 bits per heavy atom. The summed E-state index contributed by atoms with van der Waals surface area (Å²) in [6.45, 7) is 8.62. The normalized spacial score (nSPS) is 10.9. The van der Waals surface area contributed by atoms with E-state index in [1.165, 1.54) is 12.0 Å². The minimum Gasteiger partial charge on any atom is -0.373 e. The molecule has 0 aliphatic rings. The summed E-state index contributed by atoms with van der Waals surface area (Å²) >= 11 is 0. The highest BCUT2D eigenvalue weighted by molar-refractivity contribution is 5.47. The molecule has 16 heavy (non-hydrogen) atoms. The molecule has 0 spiro atoms. The highest BCUT2D eigenvalue weighted by Crippen LogP contribution is 2.25. The van der Waals surface area contributed by atoms with E-state index < -0.39 is 0 Å². The Balaban J connectivity index is 3.06. The maximum atomic E-state index is 4.59. The van der Waals surface area contributed by atoms with Crippen molar-refractivity contribution >= 4 is 5.82 Å². The van der Waals surface area contributed by atoms with Gasteiger partial charge in [-0.2, -0.15) is 0 Å². The Hall–Kier alpha value is -1.12. The third-order valence-electron chi connectivity index (χ3n) is 2.75. The van der Waals surface area contributed by atoms with E-state index in [1.807, 2.05) is 7.05 Å². The van der Waals surface area contributed by atoms with Gasteiger partial charge < -0.3 is 5.32 Å². The van der Waals surface area contributed by atoms with Crippen LogP contribution in [0.5, 0.6) is 0 Å². The van der Waals surface area contributed by atoms with Crippen molar-refractivity contribution in [1.82, 2.24) is 9.97 Å². The second kappa shape index (κ2) is 5.83. The largest absolute Gasteiger partial charge is 0.373 e. The molecule has 1 aromatic heterocycles. The zero-order chi connectivity index (χ0) is 12.1. The molecule has 0 saturated heterocycles. The van der Waals surface area contributed by atoms with E-state index in [0.29, 0.717) is 5.92 Å². The summed E-state index contributed by atoms with van der Waals surface area (Å²) in [5.74, 6) is 2.42. The molecule has 3 heteroatoms. The molecule has 0 aliphatic carbocycles. The number of nitrogens with one attached hydrogen (secondary N) is 1. The lowest BCUT2D eigenvalue weighted by atomic mass is 10.0. The van der Waals surface area contributed by atoms with Gasteiger partial charge in [-0.25, -0.2) is 9.97 Å². The Morgan fingerprint density at radius 3 is 2.44 bits per heavy atom. The Kier molecular flexibility index (Phi) is 4.71. The number of aromatic nitrogens is 2. The monoisotopic (exact) mass is 221 g/mol. The van der Waals surface area contributed by atoms with E-state index in [4.69, 9.17) is 0 Å². The Labute approximate surface area is 98.7 Å². The van der Waals surface area contributed by atoms with Gasteiger partial charge in [0.05, 0.1) is 0 Å². The molecule has 1 aromatic rings. The van der Waals surface area contributed by atoms with Crippen LogP contribution >= 0.6 is 0 Å². The van der Waals surface area contributed by atoms with Crippen LogP contribution < -0.4 is 5.32 Å². The van der Waals surface area contributed by atoms with E-state index in [-0.39, 0.29) is 0 Å². The van der Waals surface area contributed by atoms with Crippen molar-refractivity contribution in [2.75, 3.05) is 12.4 Å². The van der Waals surface area contributed by atoms with Gasteiger partial charge in [-0.3, -0.25) is 0 Å². The number of unbranched alkanes of at least 4 members (excludes halogenated alkanes) is 1. The fourth-order valence-electron chi connectivity index (χ4n) is 1.97. The smallest absolute Gasteiger partial charge is 0.133 e. The van der Waals surface area contributed by atoms with Crippen LogP contribution in [0.1, 0.15) is 56.6 Å². The average molecular weight is 221 g/mol. The SMILES string of the molecule is CCCCc1nc(C)c(C(C)C)c(NC)n1. The maximum absolute atomic E-state index is 4.59. The number of anilines is 1. The van der Waals surface area contributed by atoms with Gasteiger partial charge in [0.1, 0.15) is 11.6 Å². The molecular formula is C13H23N3. The third-order valence-corrected chi connectivity index (χ3v) is 2.75. The first-order valence-corrected chi connectivity index (χ1v) is 6.15. The van der Waals surface area contributed by atoms with E-state index in [0.717, 1.165) is 30.2 Å². The first-order valence-electron chi connectivity index (χ1n) is 6.15. The molecule has 1 heterocycles. The molecule has 0 fully saturated rings. The number of rotatable bonds is 5. The molecule has 0 amide bonds. The fraction of sp³-hybridized carbons (Fsp3) is 0.692. The lowest BCUT2D eigenvalue weighted by molar-refractivity contribution is 0.736. The number of nitrogens with zero attached hydrogens (tertiary/aromatic N) is 2. The maximum Gasteiger partial charge on any atom is 0.133 e. The lowest BCUT2D eigenvalue weighted by Gasteiger charge is -2.15. The molecule has 0 bridgehead atoms. The van der Waals surface area contributed by atoms with Crippen molar-refractivity contribution in [2.24, 2.45) is 0 Å². The van der Waals surface area contributed by atoms with E-state index in [1.54, 1.807) is 0 Å². The van der Waals surface area contributed by atoms with Gasteiger partial charge in [0.25, 0.3) is 0 Å². The Morgan fingerprint density at radius 2 is 1.94 bits per heavy atom. The van der Waals surface area contributed by atoms with Gasteiger partial charge >= 0.3 is 0 Å². The molecule has 3 nitrogen and oxygen atoms in total. The van der Waals surface area contributed by atoms with Crippen LogP contribution in [0.4, 0.5) is 5.82 Å². The van der Waals surface area contributed by atoms with Crippen molar-refractivity contribution < 1.29 is 0 Å². The molecule has 0 aliphatic heterocycles. The predicted octanol–water partition coefficient (Wildman–Crippen LogP) is 3.29. The molecule has 0 unspecified atom stereocenters. The van der Waals surface area contributed by atoms with E-state index in [9.17, 15) is 0 Å². The lowest BCUT2D eigenvalue weighted by Crippen LogP contribution is -2.08. The van der Waals surface area contributed by atoms with Crippen LogP contribution in [-0.4, -0.2) is 17.0 Å². The molecule has 0 aromatic carbocycles. The van der Waals surface area contributed by atoms with Crippen LogP contribution in [0.15, 0.2) is 0 Å². The van der Waals surface area contributed by atoms with Crippen LogP contribution in [-0.2, 0) is 6.42 Å². The second-order valence-corrected chi connectivity index (χ2v) is 4.50. The summed E-state index contributed by atoms with van der Waals surface area (Å²) in [5, 5.41) is 3.18. The number of hydrogen-bond donors (Lipinski definition) is 1. The van der Waals surface area contributed by atoms with Crippen molar-refractivity contribution in [2.45, 2.75) is 52.9 Å².